The molecule has 1 aliphatic heterocycles. The van der Waals surface area contributed by atoms with E-state index in [0.717, 1.165) is 49.6 Å². The Morgan fingerprint density at radius 2 is 2.00 bits per heavy atom. The molecule has 2 aliphatic rings. The van der Waals surface area contributed by atoms with Gasteiger partial charge in [-0.3, -0.25) is 9.59 Å². The zero-order chi connectivity index (χ0) is 19.5. The highest BCUT2D eigenvalue weighted by molar-refractivity contribution is 7.99. The third-order valence-electron chi connectivity index (χ3n) is 5.06. The molecule has 3 N–H and O–H groups in total. The van der Waals surface area contributed by atoms with Gasteiger partial charge >= 0.3 is 0 Å². The van der Waals surface area contributed by atoms with E-state index in [-0.39, 0.29) is 11.7 Å². The smallest absolute Gasteiger partial charge is 0.248 e. The van der Waals surface area contributed by atoms with Gasteiger partial charge in [0.05, 0.1) is 17.1 Å². The molecule has 1 aliphatic carbocycles. The normalized spacial score (nSPS) is 16.8. The average Bonchev–Trinajstić information content (AvgIpc) is 3.44. The Labute approximate surface area is 167 Å². The van der Waals surface area contributed by atoms with Crippen LogP contribution >= 0.6 is 11.8 Å². The second kappa shape index (κ2) is 8.22. The van der Waals surface area contributed by atoms with Gasteiger partial charge in [-0.05, 0) is 50.3 Å². The number of carbonyl (C=O) groups excluding carboxylic acids is 2. The third-order valence-corrected chi connectivity index (χ3v) is 6.02. The second-order valence-corrected chi connectivity index (χ2v) is 8.18. The summed E-state index contributed by atoms with van der Waals surface area (Å²) in [6.45, 7) is 1.88. The number of hydrogen-bond acceptors (Lipinski definition) is 6. The number of thioether (sulfide) groups is 1. The molecule has 1 saturated heterocycles. The average molecular weight is 401 g/mol. The van der Waals surface area contributed by atoms with E-state index in [4.69, 9.17) is 5.73 Å². The van der Waals surface area contributed by atoms with Gasteiger partial charge in [-0.15, -0.1) is 10.2 Å². The minimum atomic E-state index is -0.507. The molecule has 9 heteroatoms. The molecule has 0 bridgehead atoms. The number of rotatable bonds is 7. The van der Waals surface area contributed by atoms with Gasteiger partial charge in [-0.25, -0.2) is 0 Å². The van der Waals surface area contributed by atoms with Crippen molar-refractivity contribution in [3.63, 3.8) is 0 Å². The summed E-state index contributed by atoms with van der Waals surface area (Å²) in [7, 11) is 0. The molecule has 28 heavy (non-hydrogen) atoms. The molecule has 4 rings (SSSR count). The van der Waals surface area contributed by atoms with Gasteiger partial charge in [-0.2, -0.15) is 0 Å². The van der Waals surface area contributed by atoms with Gasteiger partial charge in [0.1, 0.15) is 6.33 Å². The van der Waals surface area contributed by atoms with Crippen LogP contribution in [0.25, 0.3) is 0 Å². The van der Waals surface area contributed by atoms with Crippen molar-refractivity contribution >= 4 is 35.0 Å². The Kier molecular flexibility index (Phi) is 5.52. The van der Waals surface area contributed by atoms with Crippen LogP contribution in [0.5, 0.6) is 0 Å². The summed E-state index contributed by atoms with van der Waals surface area (Å²) in [6.07, 6.45) is 7.46. The number of nitrogens with one attached hydrogen (secondary N) is 1. The van der Waals surface area contributed by atoms with Crippen molar-refractivity contribution in [3.8, 4) is 0 Å². The van der Waals surface area contributed by atoms with E-state index < -0.39 is 5.91 Å². The number of anilines is 2. The molecule has 0 unspecified atom stereocenters. The SMILES string of the molecule is NC(=O)c1ccc(N2CCCCC2)c(NC(=O)CSc2nncn2C2CC2)c1. The van der Waals surface area contributed by atoms with Crippen LogP contribution in [0.4, 0.5) is 11.4 Å². The fourth-order valence-corrected chi connectivity index (χ4v) is 4.24. The molecule has 0 radical (unpaired) electrons. The molecule has 2 amide bonds. The lowest BCUT2D eigenvalue weighted by Crippen LogP contribution is -2.30. The minimum Gasteiger partial charge on any atom is -0.370 e. The first-order valence-corrected chi connectivity index (χ1v) is 10.6. The van der Waals surface area contributed by atoms with E-state index in [1.807, 2.05) is 10.6 Å². The van der Waals surface area contributed by atoms with Crippen LogP contribution in [0.2, 0.25) is 0 Å². The summed E-state index contributed by atoms with van der Waals surface area (Å²) in [5, 5.41) is 11.8. The molecular weight excluding hydrogens is 376 g/mol. The highest BCUT2D eigenvalue weighted by Gasteiger charge is 2.26. The van der Waals surface area contributed by atoms with Gasteiger partial charge in [-0.1, -0.05) is 11.8 Å². The summed E-state index contributed by atoms with van der Waals surface area (Å²) >= 11 is 1.37. The predicted molar refractivity (Wildman–Crippen MR) is 109 cm³/mol. The van der Waals surface area contributed by atoms with Gasteiger partial charge < -0.3 is 20.5 Å². The van der Waals surface area contributed by atoms with Gasteiger partial charge in [0, 0.05) is 24.7 Å². The van der Waals surface area contributed by atoms with Crippen LogP contribution in [-0.4, -0.2) is 45.4 Å². The van der Waals surface area contributed by atoms with E-state index in [2.05, 4.69) is 20.4 Å². The summed E-state index contributed by atoms with van der Waals surface area (Å²) in [5.74, 6) is -0.422. The molecule has 0 atom stereocenters. The fourth-order valence-electron chi connectivity index (χ4n) is 3.45. The van der Waals surface area contributed by atoms with Crippen LogP contribution < -0.4 is 16.0 Å². The number of piperidine rings is 1. The summed E-state index contributed by atoms with van der Waals surface area (Å²) in [4.78, 5) is 26.4. The van der Waals surface area contributed by atoms with E-state index in [9.17, 15) is 9.59 Å². The molecule has 2 aromatic rings. The third kappa shape index (κ3) is 4.30. The lowest BCUT2D eigenvalue weighted by atomic mass is 10.1. The van der Waals surface area contributed by atoms with Crippen molar-refractivity contribution in [2.45, 2.75) is 43.3 Å². The zero-order valence-corrected chi connectivity index (χ0v) is 16.5. The Bertz CT molecular complexity index is 873. The minimum absolute atomic E-state index is 0.143. The van der Waals surface area contributed by atoms with E-state index in [1.54, 1.807) is 18.5 Å². The topological polar surface area (TPSA) is 106 Å². The fraction of sp³-hybridized carbons (Fsp3) is 0.474. The van der Waals surface area contributed by atoms with Crippen molar-refractivity contribution in [2.24, 2.45) is 5.73 Å². The number of benzene rings is 1. The summed E-state index contributed by atoms with van der Waals surface area (Å²) < 4.78 is 2.03. The second-order valence-electron chi connectivity index (χ2n) is 7.23. The zero-order valence-electron chi connectivity index (χ0n) is 15.6. The summed E-state index contributed by atoms with van der Waals surface area (Å²) in [5.41, 5.74) is 7.38. The van der Waals surface area contributed by atoms with Crippen molar-refractivity contribution in [3.05, 3.63) is 30.1 Å². The molecule has 2 heterocycles. The molecule has 8 nitrogen and oxygen atoms in total. The molecule has 148 valence electrons. The maximum absolute atomic E-state index is 12.6. The van der Waals surface area contributed by atoms with E-state index in [1.165, 1.54) is 18.2 Å². The predicted octanol–water partition coefficient (Wildman–Crippen LogP) is 2.43. The van der Waals surface area contributed by atoms with Gasteiger partial charge in [0.2, 0.25) is 11.8 Å². The Balaban J connectivity index is 1.46. The van der Waals surface area contributed by atoms with Crippen molar-refractivity contribution in [1.29, 1.82) is 0 Å². The first-order chi connectivity index (χ1) is 13.6. The number of nitrogens with two attached hydrogens (primary N) is 1. The highest BCUT2D eigenvalue weighted by Crippen LogP contribution is 2.37. The van der Waals surface area contributed by atoms with Crippen LogP contribution in [-0.2, 0) is 4.79 Å². The quantitative estimate of drug-likeness (QED) is 0.692. The van der Waals surface area contributed by atoms with Gasteiger partial charge in [0.25, 0.3) is 0 Å². The molecule has 1 aromatic carbocycles. The largest absolute Gasteiger partial charge is 0.370 e. The molecule has 2 fully saturated rings. The van der Waals surface area contributed by atoms with Crippen molar-refractivity contribution < 1.29 is 9.59 Å². The van der Waals surface area contributed by atoms with Crippen molar-refractivity contribution in [1.82, 2.24) is 14.8 Å². The van der Waals surface area contributed by atoms with Crippen molar-refractivity contribution in [2.75, 3.05) is 29.1 Å². The number of hydrogen-bond donors (Lipinski definition) is 2. The molecule has 1 saturated carbocycles. The standard InChI is InChI=1S/C19H24N6O2S/c20-18(27)13-4-7-16(24-8-2-1-3-9-24)15(10-13)22-17(26)11-28-19-23-21-12-25(19)14-5-6-14/h4,7,10,12,14H,1-3,5-6,8-9,11H2,(H2,20,27)(H,22,26). The van der Waals surface area contributed by atoms with E-state index in [0.29, 0.717) is 17.3 Å². The maximum atomic E-state index is 12.6. The van der Waals surface area contributed by atoms with Crippen LogP contribution in [0.3, 0.4) is 0 Å². The monoisotopic (exact) mass is 400 g/mol. The number of amides is 2. The lowest BCUT2D eigenvalue weighted by Gasteiger charge is -2.30. The molecule has 0 spiro atoms. The molecule has 1 aromatic heterocycles. The molecular formula is C19H24N6O2S. The Hall–Kier alpha value is -2.55. The van der Waals surface area contributed by atoms with E-state index >= 15 is 0 Å². The number of carbonyl (C=O) groups is 2. The van der Waals surface area contributed by atoms with Crippen LogP contribution in [0.15, 0.2) is 29.7 Å². The first kappa shape index (κ1) is 18.8. The first-order valence-electron chi connectivity index (χ1n) is 9.63. The summed E-state index contributed by atoms with van der Waals surface area (Å²) in [6, 6.07) is 5.73. The number of nitrogens with zero attached hydrogens (tertiary/aromatic N) is 4. The Morgan fingerprint density at radius 1 is 1.21 bits per heavy atom. The number of aromatic nitrogens is 3. The lowest BCUT2D eigenvalue weighted by molar-refractivity contribution is -0.113. The van der Waals surface area contributed by atoms with Gasteiger partial charge in [0.15, 0.2) is 5.16 Å². The van der Waals surface area contributed by atoms with Crippen LogP contribution in [0.1, 0.15) is 48.5 Å². The Morgan fingerprint density at radius 3 is 2.71 bits per heavy atom. The maximum Gasteiger partial charge on any atom is 0.248 e. The number of primary amides is 1. The highest BCUT2D eigenvalue weighted by atomic mass is 32.2. The van der Waals surface area contributed by atoms with Crippen LogP contribution in [0, 0.1) is 0 Å².